The summed E-state index contributed by atoms with van der Waals surface area (Å²) in [5, 5.41) is 0. The lowest BCUT2D eigenvalue weighted by atomic mass is 9.89. The van der Waals surface area contributed by atoms with Gasteiger partial charge in [-0.2, -0.15) is 0 Å². The lowest BCUT2D eigenvalue weighted by Crippen LogP contribution is -2.30. The average molecular weight is 439 g/mol. The summed E-state index contributed by atoms with van der Waals surface area (Å²) in [7, 11) is 0. The van der Waals surface area contributed by atoms with Gasteiger partial charge in [0.05, 0.1) is 0 Å². The Hall–Kier alpha value is 0.350. The third kappa shape index (κ3) is 5.69. The van der Waals surface area contributed by atoms with E-state index < -0.39 is 0 Å². The van der Waals surface area contributed by atoms with Crippen LogP contribution in [-0.2, 0) is 0 Å². The second-order valence-electron chi connectivity index (χ2n) is 5.04. The van der Waals surface area contributed by atoms with Crippen molar-refractivity contribution in [2.75, 3.05) is 0 Å². The standard InChI is InChI=1S/C15H24BrIN2/c1-3-5-6-11(4-2)9-15(19-18)13-10-12(16)7-8-14(13)17/h7-8,10-11,15,19H,3-6,9,18H2,1-2H3. The third-order valence-corrected chi connectivity index (χ3v) is 5.12. The minimum absolute atomic E-state index is 0.242. The molecule has 0 aliphatic rings. The van der Waals surface area contributed by atoms with E-state index in [9.17, 15) is 0 Å². The minimum atomic E-state index is 0.242. The summed E-state index contributed by atoms with van der Waals surface area (Å²) in [6, 6.07) is 6.63. The zero-order valence-electron chi connectivity index (χ0n) is 11.8. The highest BCUT2D eigenvalue weighted by atomic mass is 127. The molecule has 0 amide bonds. The van der Waals surface area contributed by atoms with Gasteiger partial charge in [0, 0.05) is 14.1 Å². The van der Waals surface area contributed by atoms with Crippen LogP contribution in [0.1, 0.15) is 57.6 Å². The van der Waals surface area contributed by atoms with Crippen molar-refractivity contribution in [2.24, 2.45) is 11.8 Å². The van der Waals surface area contributed by atoms with Gasteiger partial charge in [0.25, 0.3) is 0 Å². The van der Waals surface area contributed by atoms with Crippen LogP contribution >= 0.6 is 38.5 Å². The molecule has 0 bridgehead atoms. The molecule has 0 saturated carbocycles. The molecule has 1 aromatic rings. The van der Waals surface area contributed by atoms with Crippen molar-refractivity contribution in [1.82, 2.24) is 5.43 Å². The molecule has 2 nitrogen and oxygen atoms in total. The summed E-state index contributed by atoms with van der Waals surface area (Å²) in [5.74, 6) is 6.53. The Morgan fingerprint density at radius 1 is 1.37 bits per heavy atom. The van der Waals surface area contributed by atoms with Gasteiger partial charge >= 0.3 is 0 Å². The zero-order valence-corrected chi connectivity index (χ0v) is 15.5. The molecule has 0 radical (unpaired) electrons. The largest absolute Gasteiger partial charge is 0.271 e. The molecule has 0 spiro atoms. The van der Waals surface area contributed by atoms with Crippen molar-refractivity contribution >= 4 is 38.5 Å². The van der Waals surface area contributed by atoms with E-state index in [4.69, 9.17) is 5.84 Å². The van der Waals surface area contributed by atoms with Crippen LogP contribution in [0, 0.1) is 9.49 Å². The molecule has 0 aliphatic heterocycles. The first kappa shape index (κ1) is 17.4. The highest BCUT2D eigenvalue weighted by Crippen LogP contribution is 2.30. The van der Waals surface area contributed by atoms with Crippen LogP contribution in [0.2, 0.25) is 0 Å². The maximum absolute atomic E-state index is 5.79. The van der Waals surface area contributed by atoms with E-state index in [2.05, 4.69) is 76.0 Å². The van der Waals surface area contributed by atoms with Gasteiger partial charge in [0.15, 0.2) is 0 Å². The van der Waals surface area contributed by atoms with Crippen LogP contribution in [0.5, 0.6) is 0 Å². The number of unbranched alkanes of at least 4 members (excludes halogenated alkanes) is 1. The highest BCUT2D eigenvalue weighted by molar-refractivity contribution is 14.1. The maximum Gasteiger partial charge on any atom is 0.0473 e. The number of hydrogen-bond acceptors (Lipinski definition) is 2. The van der Waals surface area contributed by atoms with Crippen LogP contribution < -0.4 is 11.3 Å². The summed E-state index contributed by atoms with van der Waals surface area (Å²) in [6.07, 6.45) is 6.22. The Labute approximate surface area is 139 Å². The molecule has 2 unspecified atom stereocenters. The predicted octanol–water partition coefficient (Wildman–Crippen LogP) is 5.16. The summed E-state index contributed by atoms with van der Waals surface area (Å²) < 4.78 is 2.39. The van der Waals surface area contributed by atoms with Gasteiger partial charge in [-0.1, -0.05) is 55.5 Å². The summed E-state index contributed by atoms with van der Waals surface area (Å²) in [4.78, 5) is 0. The molecule has 19 heavy (non-hydrogen) atoms. The van der Waals surface area contributed by atoms with E-state index in [1.54, 1.807) is 0 Å². The van der Waals surface area contributed by atoms with Crippen molar-refractivity contribution in [3.05, 3.63) is 31.8 Å². The SMILES string of the molecule is CCCCC(CC)CC(NN)c1cc(Br)ccc1I. The van der Waals surface area contributed by atoms with Crippen molar-refractivity contribution < 1.29 is 0 Å². The van der Waals surface area contributed by atoms with E-state index in [-0.39, 0.29) is 6.04 Å². The van der Waals surface area contributed by atoms with Gasteiger partial charge in [-0.05, 0) is 58.7 Å². The molecule has 0 heterocycles. The van der Waals surface area contributed by atoms with Gasteiger partial charge in [-0.15, -0.1) is 0 Å². The number of rotatable bonds is 8. The minimum Gasteiger partial charge on any atom is -0.271 e. The molecule has 1 aromatic carbocycles. The normalized spacial score (nSPS) is 14.4. The average Bonchev–Trinajstić information content (AvgIpc) is 2.42. The lowest BCUT2D eigenvalue weighted by Gasteiger charge is -2.23. The monoisotopic (exact) mass is 438 g/mol. The van der Waals surface area contributed by atoms with Gasteiger partial charge < -0.3 is 0 Å². The predicted molar refractivity (Wildman–Crippen MR) is 94.8 cm³/mol. The van der Waals surface area contributed by atoms with E-state index in [1.807, 2.05) is 0 Å². The molecule has 3 N–H and O–H groups in total. The van der Waals surface area contributed by atoms with Gasteiger partial charge in [-0.3, -0.25) is 11.3 Å². The van der Waals surface area contributed by atoms with Crippen molar-refractivity contribution in [2.45, 2.75) is 52.0 Å². The molecule has 0 fully saturated rings. The quantitative estimate of drug-likeness (QED) is 0.334. The molecule has 2 atom stereocenters. The smallest absolute Gasteiger partial charge is 0.0473 e. The Morgan fingerprint density at radius 3 is 2.68 bits per heavy atom. The fourth-order valence-corrected chi connectivity index (χ4v) is 3.47. The lowest BCUT2D eigenvalue weighted by molar-refractivity contribution is 0.355. The van der Waals surface area contributed by atoms with E-state index in [0.717, 1.165) is 16.8 Å². The second-order valence-corrected chi connectivity index (χ2v) is 7.12. The molecule has 1 rings (SSSR count). The Balaban J connectivity index is 2.78. The van der Waals surface area contributed by atoms with Crippen LogP contribution in [0.3, 0.4) is 0 Å². The molecule has 0 aromatic heterocycles. The fourth-order valence-electron chi connectivity index (χ4n) is 2.38. The van der Waals surface area contributed by atoms with Crippen LogP contribution in [-0.4, -0.2) is 0 Å². The van der Waals surface area contributed by atoms with Crippen LogP contribution in [0.15, 0.2) is 22.7 Å². The van der Waals surface area contributed by atoms with Crippen molar-refractivity contribution in [3.8, 4) is 0 Å². The molecule has 4 heteroatoms. The number of halogens is 2. The van der Waals surface area contributed by atoms with Gasteiger partial charge in [-0.25, -0.2) is 0 Å². The first-order chi connectivity index (χ1) is 9.12. The summed E-state index contributed by atoms with van der Waals surface area (Å²) in [6.45, 7) is 4.53. The Bertz CT molecular complexity index is 384. The molecule has 0 saturated heterocycles. The number of nitrogens with two attached hydrogens (primary N) is 1. The Kier molecular flexibility index (Phi) is 8.53. The van der Waals surface area contributed by atoms with Gasteiger partial charge in [0.1, 0.15) is 0 Å². The number of nitrogens with one attached hydrogen (secondary N) is 1. The second kappa shape index (κ2) is 9.32. The first-order valence-corrected chi connectivity index (χ1v) is 8.90. The molecular weight excluding hydrogens is 415 g/mol. The van der Waals surface area contributed by atoms with E-state index in [0.29, 0.717) is 0 Å². The molecular formula is C15H24BrIN2. The third-order valence-electron chi connectivity index (χ3n) is 3.65. The van der Waals surface area contributed by atoms with Crippen LogP contribution in [0.4, 0.5) is 0 Å². The number of hydrogen-bond donors (Lipinski definition) is 2. The van der Waals surface area contributed by atoms with Crippen LogP contribution in [0.25, 0.3) is 0 Å². The summed E-state index contributed by atoms with van der Waals surface area (Å²) >= 11 is 5.93. The topological polar surface area (TPSA) is 38.0 Å². The molecule has 0 aliphatic carbocycles. The number of benzene rings is 1. The number of hydrazine groups is 1. The zero-order chi connectivity index (χ0) is 14.3. The van der Waals surface area contributed by atoms with Crippen molar-refractivity contribution in [3.63, 3.8) is 0 Å². The maximum atomic E-state index is 5.79. The first-order valence-electron chi connectivity index (χ1n) is 7.03. The summed E-state index contributed by atoms with van der Waals surface area (Å²) in [5.41, 5.74) is 4.30. The Morgan fingerprint density at radius 2 is 2.11 bits per heavy atom. The highest BCUT2D eigenvalue weighted by Gasteiger charge is 2.18. The van der Waals surface area contributed by atoms with E-state index >= 15 is 0 Å². The fraction of sp³-hybridized carbons (Fsp3) is 0.600. The van der Waals surface area contributed by atoms with Crippen molar-refractivity contribution in [1.29, 1.82) is 0 Å². The molecule has 108 valence electrons. The van der Waals surface area contributed by atoms with Gasteiger partial charge in [0.2, 0.25) is 0 Å². The van der Waals surface area contributed by atoms with E-state index in [1.165, 1.54) is 34.8 Å².